The van der Waals surface area contributed by atoms with Crippen molar-refractivity contribution in [3.05, 3.63) is 0 Å². The molecule has 0 spiro atoms. The van der Waals surface area contributed by atoms with Crippen LogP contribution in [-0.4, -0.2) is 60.7 Å². The first kappa shape index (κ1) is 11.3. The predicted molar refractivity (Wildman–Crippen MR) is 43.2 cm³/mol. The summed E-state index contributed by atoms with van der Waals surface area (Å²) in [6, 6.07) is 0. The topological polar surface area (TPSA) is 6.48 Å². The Morgan fingerprint density at radius 1 is 0.875 bits per heavy atom. The molecule has 0 saturated heterocycles. The van der Waals surface area contributed by atoms with E-state index in [0.29, 0.717) is 0 Å². The number of hydrogen-bond donors (Lipinski definition) is 0. The van der Waals surface area contributed by atoms with Crippen molar-refractivity contribution in [2.45, 2.75) is 0 Å². The molecule has 0 aromatic heterocycles. The molecule has 2 nitrogen and oxygen atoms in total. The van der Waals surface area contributed by atoms with Gasteiger partial charge in [-0.1, -0.05) is 0 Å². The van der Waals surface area contributed by atoms with Crippen LogP contribution < -0.4 is 0 Å². The van der Waals surface area contributed by atoms with E-state index in [1.54, 1.807) is 0 Å². The van der Waals surface area contributed by atoms with E-state index in [2.05, 4.69) is 18.0 Å². The van der Waals surface area contributed by atoms with Gasteiger partial charge in [-0.2, -0.15) is 0 Å². The Hall–Kier alpha value is 0.463. The van der Waals surface area contributed by atoms with Gasteiger partial charge in [0.25, 0.3) is 0 Å². The van der Waals surface area contributed by atoms with Gasteiger partial charge in [0, 0.05) is 0 Å². The third-order valence-electron chi connectivity index (χ3n) is 0. The fraction of sp³-hybridized carbons (Fsp3) is 1.00. The van der Waals surface area contributed by atoms with Gasteiger partial charge in [0.15, 0.2) is 0 Å². The second kappa shape index (κ2) is 7.46. The van der Waals surface area contributed by atoms with Crippen molar-refractivity contribution in [2.75, 3.05) is 35.2 Å². The van der Waals surface area contributed by atoms with Crippen molar-refractivity contribution in [1.29, 1.82) is 0 Å². The molecular weight excluding hydrogens is 161 g/mol. The van der Waals surface area contributed by atoms with Gasteiger partial charge in [0.1, 0.15) is 0 Å². The zero-order chi connectivity index (χ0) is 7.15. The molecule has 0 aliphatic rings. The zero-order valence-electron chi connectivity index (χ0n) is 6.89. The normalized spacial score (nSPS) is 9.38. The van der Waals surface area contributed by atoms with Crippen molar-refractivity contribution >= 4 is 16.7 Å². The van der Waals surface area contributed by atoms with Gasteiger partial charge in [-0.3, -0.25) is 0 Å². The Bertz CT molecular complexity index is 25.9. The van der Waals surface area contributed by atoms with E-state index in [9.17, 15) is 0 Å². The van der Waals surface area contributed by atoms with E-state index in [0.717, 1.165) is 16.7 Å². The summed E-state index contributed by atoms with van der Waals surface area (Å²) in [5.74, 6) is 0. The summed E-state index contributed by atoms with van der Waals surface area (Å²) in [6.07, 6.45) is 0. The zero-order valence-corrected chi connectivity index (χ0v) is 11.1. The molecular formula is C5H18GeN2. The number of hydrogen-bond acceptors (Lipinski definition) is 2. The molecule has 0 unspecified atom stereocenters. The van der Waals surface area contributed by atoms with Crippen molar-refractivity contribution < 1.29 is 0 Å². The molecule has 0 aromatic carbocycles. The molecule has 0 aliphatic carbocycles. The van der Waals surface area contributed by atoms with Crippen molar-refractivity contribution in [3.8, 4) is 0 Å². The van der Waals surface area contributed by atoms with Gasteiger partial charge < -0.3 is 4.90 Å². The average molecular weight is 179 g/mol. The van der Waals surface area contributed by atoms with Crippen molar-refractivity contribution in [1.82, 2.24) is 8.76 Å². The summed E-state index contributed by atoms with van der Waals surface area (Å²) in [5, 5.41) is 0. The molecule has 0 atom stereocenters. The molecule has 0 bridgehead atoms. The van der Waals surface area contributed by atoms with E-state index in [1.165, 1.54) is 0 Å². The van der Waals surface area contributed by atoms with Crippen molar-refractivity contribution in [3.63, 3.8) is 0 Å². The first-order valence-corrected chi connectivity index (χ1v) is 4.56. The molecule has 0 aliphatic heterocycles. The molecule has 52 valence electrons. The summed E-state index contributed by atoms with van der Waals surface area (Å²) in [6.45, 7) is 0. The molecule has 0 N–H and O–H groups in total. The first-order valence-electron chi connectivity index (χ1n) is 2.68. The standard InChI is InChI=1S/C3H9N.C2H9GeN/c2*1-4(2)3/h2*1-3H3. The minimum atomic E-state index is 0.896. The molecule has 0 rings (SSSR count). The van der Waals surface area contributed by atoms with E-state index in [-0.39, 0.29) is 0 Å². The quantitative estimate of drug-likeness (QED) is 0.440. The van der Waals surface area contributed by atoms with Gasteiger partial charge >= 0.3 is 34.7 Å². The van der Waals surface area contributed by atoms with Crippen LogP contribution in [-0.2, 0) is 0 Å². The monoisotopic (exact) mass is 180 g/mol. The van der Waals surface area contributed by atoms with Gasteiger partial charge in [-0.25, -0.2) is 0 Å². The molecule has 0 heterocycles. The molecule has 0 aromatic rings. The molecule has 0 radical (unpaired) electrons. The fourth-order valence-electron chi connectivity index (χ4n) is 0. The molecule has 0 saturated carbocycles. The van der Waals surface area contributed by atoms with E-state index < -0.39 is 0 Å². The van der Waals surface area contributed by atoms with Crippen LogP contribution in [0.5, 0.6) is 0 Å². The van der Waals surface area contributed by atoms with E-state index >= 15 is 0 Å². The molecule has 0 fully saturated rings. The summed E-state index contributed by atoms with van der Waals surface area (Å²) in [4.78, 5) is 2.00. The Balaban J connectivity index is 0. The summed E-state index contributed by atoms with van der Waals surface area (Å²) < 4.78 is 2.19. The maximum absolute atomic E-state index is 2.19. The first-order chi connectivity index (χ1) is 3.46. The fourth-order valence-corrected chi connectivity index (χ4v) is 0. The maximum atomic E-state index is 2.19. The average Bonchev–Trinajstić information content (AvgIpc) is 1.25. The predicted octanol–water partition coefficient (Wildman–Crippen LogP) is -0.994. The molecule has 0 amide bonds. The van der Waals surface area contributed by atoms with Crippen LogP contribution in [0.3, 0.4) is 0 Å². The van der Waals surface area contributed by atoms with Crippen LogP contribution in [0.1, 0.15) is 0 Å². The van der Waals surface area contributed by atoms with Gasteiger partial charge in [-0.15, -0.1) is 0 Å². The Labute approximate surface area is 61.3 Å². The minimum absolute atomic E-state index is 0.896. The summed E-state index contributed by atoms with van der Waals surface area (Å²) in [5.41, 5.74) is 0. The van der Waals surface area contributed by atoms with E-state index in [1.807, 2.05) is 26.0 Å². The van der Waals surface area contributed by atoms with Gasteiger partial charge in [0.2, 0.25) is 0 Å². The third kappa shape index (κ3) is 900. The Morgan fingerprint density at radius 2 is 0.875 bits per heavy atom. The molecule has 3 heteroatoms. The van der Waals surface area contributed by atoms with Crippen LogP contribution in [0.25, 0.3) is 0 Å². The second-order valence-electron chi connectivity index (χ2n) is 2.68. The SMILES string of the molecule is CN(C)C.C[N](C)[GeH3]. The van der Waals surface area contributed by atoms with Gasteiger partial charge in [-0.05, 0) is 21.1 Å². The van der Waals surface area contributed by atoms with E-state index in [4.69, 9.17) is 0 Å². The Morgan fingerprint density at radius 3 is 0.875 bits per heavy atom. The number of nitrogens with zero attached hydrogens (tertiary/aromatic N) is 2. The van der Waals surface area contributed by atoms with Crippen LogP contribution in [0.2, 0.25) is 0 Å². The van der Waals surface area contributed by atoms with Crippen LogP contribution in [0.4, 0.5) is 0 Å². The van der Waals surface area contributed by atoms with Gasteiger partial charge in [0.05, 0.1) is 0 Å². The number of rotatable bonds is 0. The third-order valence-corrected chi connectivity index (χ3v) is 0. The summed E-state index contributed by atoms with van der Waals surface area (Å²) in [7, 11) is 10.2. The Kier molecular flexibility index (Phi) is 10.5. The van der Waals surface area contributed by atoms with Crippen LogP contribution in [0, 0.1) is 0 Å². The van der Waals surface area contributed by atoms with Crippen LogP contribution in [0.15, 0.2) is 0 Å². The summed E-state index contributed by atoms with van der Waals surface area (Å²) >= 11 is 0.896. The second-order valence-corrected chi connectivity index (χ2v) is 6.44. The van der Waals surface area contributed by atoms with Crippen LogP contribution >= 0.6 is 0 Å². The van der Waals surface area contributed by atoms with Crippen molar-refractivity contribution in [2.24, 2.45) is 0 Å². The molecule has 8 heavy (non-hydrogen) atoms.